The average Bonchev–Trinajstić information content (AvgIpc) is 2.84. The smallest absolute Gasteiger partial charge is 0.270 e. The second-order valence-corrected chi connectivity index (χ2v) is 4.18. The van der Waals surface area contributed by atoms with Crippen LogP contribution in [-0.4, -0.2) is 32.1 Å². The highest BCUT2D eigenvalue weighted by molar-refractivity contribution is 6.07. The molecule has 1 heterocycles. The van der Waals surface area contributed by atoms with E-state index >= 15 is 0 Å². The van der Waals surface area contributed by atoms with Crippen LogP contribution in [0.1, 0.15) is 17.3 Å². The van der Waals surface area contributed by atoms with Gasteiger partial charge in [-0.1, -0.05) is 0 Å². The van der Waals surface area contributed by atoms with E-state index in [0.717, 1.165) is 0 Å². The number of hydrogen-bond acceptors (Lipinski definition) is 6. The van der Waals surface area contributed by atoms with Gasteiger partial charge in [0.05, 0.1) is 10.5 Å². The van der Waals surface area contributed by atoms with Gasteiger partial charge in [-0.25, -0.2) is 4.68 Å². The number of carbonyl (C=O) groups is 1. The summed E-state index contributed by atoms with van der Waals surface area (Å²) in [6.07, 6.45) is 1.30. The van der Waals surface area contributed by atoms with Crippen LogP contribution in [0.2, 0.25) is 0 Å². The Morgan fingerprint density at radius 2 is 2.24 bits per heavy atom. The minimum absolute atomic E-state index is 0.153. The van der Waals surface area contributed by atoms with Crippen LogP contribution in [0, 0.1) is 10.1 Å². The van der Waals surface area contributed by atoms with Crippen LogP contribution in [-0.2, 0) is 7.05 Å². The van der Waals surface area contributed by atoms with Crippen LogP contribution in [0.25, 0.3) is 0 Å². The van der Waals surface area contributed by atoms with Crippen molar-refractivity contribution >= 4 is 23.2 Å². The summed E-state index contributed by atoms with van der Waals surface area (Å²) in [7, 11) is 1.63. The van der Waals surface area contributed by atoms with Gasteiger partial charge in [-0.3, -0.25) is 20.2 Å². The zero-order valence-corrected chi connectivity index (χ0v) is 11.5. The molecule has 9 heteroatoms. The molecule has 0 aliphatic heterocycles. The largest absolute Gasteiger partial charge is 0.385 e. The highest BCUT2D eigenvalue weighted by Gasteiger charge is 2.18. The van der Waals surface area contributed by atoms with E-state index in [1.165, 1.54) is 29.2 Å². The third-order valence-electron chi connectivity index (χ3n) is 2.76. The number of nitro groups is 1. The van der Waals surface area contributed by atoms with Crippen molar-refractivity contribution in [2.24, 2.45) is 7.05 Å². The molecule has 0 atom stereocenters. The van der Waals surface area contributed by atoms with Crippen LogP contribution in [0.4, 0.5) is 17.3 Å². The van der Waals surface area contributed by atoms with Gasteiger partial charge >= 0.3 is 0 Å². The van der Waals surface area contributed by atoms with Crippen LogP contribution in [0.5, 0.6) is 0 Å². The number of carbonyl (C=O) groups excluding carboxylic acids is 1. The number of amides is 1. The molecule has 1 amide bonds. The predicted octanol–water partition coefficient (Wildman–Crippen LogP) is 1.41. The van der Waals surface area contributed by atoms with Gasteiger partial charge in [0.2, 0.25) is 5.95 Å². The van der Waals surface area contributed by atoms with Crippen molar-refractivity contribution in [3.63, 3.8) is 0 Å². The van der Waals surface area contributed by atoms with Gasteiger partial charge in [-0.15, -0.1) is 0 Å². The van der Waals surface area contributed by atoms with Crippen molar-refractivity contribution in [2.45, 2.75) is 6.92 Å². The average molecular weight is 290 g/mol. The molecule has 2 N–H and O–H groups in total. The second-order valence-electron chi connectivity index (χ2n) is 4.18. The minimum atomic E-state index is -0.547. The third-order valence-corrected chi connectivity index (χ3v) is 2.76. The maximum absolute atomic E-state index is 12.3. The van der Waals surface area contributed by atoms with Crippen LogP contribution >= 0.6 is 0 Å². The second kappa shape index (κ2) is 5.99. The first kappa shape index (κ1) is 14.4. The van der Waals surface area contributed by atoms with Crippen molar-refractivity contribution in [1.82, 2.24) is 14.8 Å². The number of nitrogens with zero attached hydrogens (tertiary/aromatic N) is 4. The number of anilines is 2. The van der Waals surface area contributed by atoms with Gasteiger partial charge in [0.25, 0.3) is 11.6 Å². The number of aromatic nitrogens is 3. The summed E-state index contributed by atoms with van der Waals surface area (Å²) in [6.45, 7) is 2.45. The molecule has 0 bridgehead atoms. The topological polar surface area (TPSA) is 115 Å². The molecule has 0 saturated carbocycles. The summed E-state index contributed by atoms with van der Waals surface area (Å²) in [6, 6.07) is 4.08. The molecule has 21 heavy (non-hydrogen) atoms. The molecule has 0 aliphatic rings. The summed E-state index contributed by atoms with van der Waals surface area (Å²) < 4.78 is 1.39. The van der Waals surface area contributed by atoms with E-state index in [2.05, 4.69) is 20.7 Å². The van der Waals surface area contributed by atoms with Gasteiger partial charge in [0.15, 0.2) is 0 Å². The van der Waals surface area contributed by atoms with Gasteiger partial charge in [0, 0.05) is 31.4 Å². The van der Waals surface area contributed by atoms with Crippen molar-refractivity contribution in [3.05, 3.63) is 40.2 Å². The summed E-state index contributed by atoms with van der Waals surface area (Å²) in [5.41, 5.74) is 0.539. The lowest BCUT2D eigenvalue weighted by atomic mass is 10.1. The molecule has 2 aromatic rings. The number of non-ortho nitro benzene ring substituents is 1. The number of hydrogen-bond donors (Lipinski definition) is 2. The summed E-state index contributed by atoms with van der Waals surface area (Å²) in [4.78, 5) is 26.5. The highest BCUT2D eigenvalue weighted by atomic mass is 16.6. The van der Waals surface area contributed by atoms with Crippen molar-refractivity contribution < 1.29 is 9.72 Å². The number of rotatable bonds is 5. The predicted molar refractivity (Wildman–Crippen MR) is 76.2 cm³/mol. The first-order chi connectivity index (χ1) is 10.0. The zero-order chi connectivity index (χ0) is 15.4. The van der Waals surface area contributed by atoms with Gasteiger partial charge < -0.3 is 5.32 Å². The number of benzene rings is 1. The molecular formula is C12H14N6O3. The van der Waals surface area contributed by atoms with E-state index in [4.69, 9.17) is 0 Å². The minimum Gasteiger partial charge on any atom is -0.385 e. The Morgan fingerprint density at radius 3 is 2.81 bits per heavy atom. The monoisotopic (exact) mass is 290 g/mol. The standard InChI is InChI=1S/C12H14N6O3/c1-3-13-10-5-4-8(18(20)21)6-9(10)11(19)16-12-14-7-15-17(12)2/h4-7,13H,3H2,1-2H3,(H,14,15,16,19). The first-order valence-corrected chi connectivity index (χ1v) is 6.20. The summed E-state index contributed by atoms with van der Waals surface area (Å²) in [5, 5.41) is 20.2. The van der Waals surface area contributed by atoms with E-state index in [0.29, 0.717) is 12.2 Å². The van der Waals surface area contributed by atoms with Gasteiger partial charge in [0.1, 0.15) is 6.33 Å². The molecule has 0 saturated heterocycles. The Morgan fingerprint density at radius 1 is 1.48 bits per heavy atom. The Hall–Kier alpha value is -2.97. The van der Waals surface area contributed by atoms with Crippen molar-refractivity contribution in [1.29, 1.82) is 0 Å². The van der Waals surface area contributed by atoms with Crippen LogP contribution in [0.3, 0.4) is 0 Å². The Balaban J connectivity index is 2.35. The zero-order valence-electron chi connectivity index (χ0n) is 11.5. The fraction of sp³-hybridized carbons (Fsp3) is 0.250. The Labute approximate surface area is 120 Å². The van der Waals surface area contributed by atoms with Crippen molar-refractivity contribution in [3.8, 4) is 0 Å². The normalized spacial score (nSPS) is 10.2. The highest BCUT2D eigenvalue weighted by Crippen LogP contribution is 2.23. The molecule has 0 spiro atoms. The molecule has 9 nitrogen and oxygen atoms in total. The molecule has 1 aromatic carbocycles. The lowest BCUT2D eigenvalue weighted by Crippen LogP contribution is -2.17. The maximum atomic E-state index is 12.3. The lowest BCUT2D eigenvalue weighted by molar-refractivity contribution is -0.384. The van der Waals surface area contributed by atoms with E-state index < -0.39 is 10.8 Å². The molecular weight excluding hydrogens is 276 g/mol. The Bertz CT molecular complexity index is 681. The summed E-state index contributed by atoms with van der Waals surface area (Å²) >= 11 is 0. The van der Waals surface area contributed by atoms with E-state index in [1.54, 1.807) is 7.05 Å². The van der Waals surface area contributed by atoms with E-state index in [9.17, 15) is 14.9 Å². The first-order valence-electron chi connectivity index (χ1n) is 6.20. The quantitative estimate of drug-likeness (QED) is 0.635. The molecule has 110 valence electrons. The van der Waals surface area contributed by atoms with E-state index in [-0.39, 0.29) is 17.2 Å². The van der Waals surface area contributed by atoms with E-state index in [1.807, 2.05) is 6.92 Å². The molecule has 0 aliphatic carbocycles. The van der Waals surface area contributed by atoms with Crippen LogP contribution < -0.4 is 10.6 Å². The number of aryl methyl sites for hydroxylation is 1. The molecule has 0 unspecified atom stereocenters. The lowest BCUT2D eigenvalue weighted by Gasteiger charge is -2.10. The van der Waals surface area contributed by atoms with Crippen LogP contribution in [0.15, 0.2) is 24.5 Å². The van der Waals surface area contributed by atoms with Crippen molar-refractivity contribution in [2.75, 3.05) is 17.2 Å². The number of nitro benzene ring substituents is 1. The fourth-order valence-corrected chi connectivity index (χ4v) is 1.76. The van der Waals surface area contributed by atoms with Gasteiger partial charge in [-0.2, -0.15) is 10.1 Å². The fourth-order valence-electron chi connectivity index (χ4n) is 1.76. The Kier molecular flexibility index (Phi) is 4.12. The summed E-state index contributed by atoms with van der Waals surface area (Å²) in [5.74, 6) is -0.236. The molecule has 1 aromatic heterocycles. The number of nitrogens with one attached hydrogen (secondary N) is 2. The third kappa shape index (κ3) is 3.14. The maximum Gasteiger partial charge on any atom is 0.270 e. The van der Waals surface area contributed by atoms with Gasteiger partial charge in [-0.05, 0) is 13.0 Å². The molecule has 0 fully saturated rings. The molecule has 2 rings (SSSR count). The SMILES string of the molecule is CCNc1ccc([N+](=O)[O-])cc1C(=O)Nc1ncnn1C. The molecule has 0 radical (unpaired) electrons.